The summed E-state index contributed by atoms with van der Waals surface area (Å²) >= 11 is 0. The van der Waals surface area contributed by atoms with Gasteiger partial charge < -0.3 is 15.4 Å². The van der Waals surface area contributed by atoms with Crippen LogP contribution >= 0.6 is 0 Å². The van der Waals surface area contributed by atoms with Gasteiger partial charge in [-0.15, -0.1) is 0 Å². The van der Waals surface area contributed by atoms with E-state index in [4.69, 9.17) is 4.74 Å². The fraction of sp³-hybridized carbons (Fsp3) is 0.500. The third-order valence-corrected chi connectivity index (χ3v) is 2.57. The maximum atomic E-state index is 13.2. The molecule has 0 atom stereocenters. The number of benzene rings is 1. The van der Waals surface area contributed by atoms with E-state index in [-0.39, 0.29) is 11.7 Å². The molecule has 0 bridgehead atoms. The monoisotopic (exact) mass is 268 g/mol. The highest BCUT2D eigenvalue weighted by molar-refractivity contribution is 5.90. The second kappa shape index (κ2) is 7.74. The number of rotatable bonds is 7. The Bertz CT molecular complexity index is 422. The summed E-state index contributed by atoms with van der Waals surface area (Å²) in [5.74, 6) is -0.403. The fourth-order valence-corrected chi connectivity index (χ4v) is 1.60. The van der Waals surface area contributed by atoms with E-state index in [0.29, 0.717) is 18.2 Å². The van der Waals surface area contributed by atoms with Crippen LogP contribution in [0, 0.1) is 5.82 Å². The van der Waals surface area contributed by atoms with E-state index in [2.05, 4.69) is 24.5 Å². The molecule has 1 aromatic rings. The van der Waals surface area contributed by atoms with Crippen LogP contribution in [0.3, 0.4) is 0 Å². The summed E-state index contributed by atoms with van der Waals surface area (Å²) < 4.78 is 18.0. The van der Waals surface area contributed by atoms with Crippen LogP contribution in [0.1, 0.15) is 26.7 Å². The first-order valence-electron chi connectivity index (χ1n) is 6.39. The molecule has 1 aromatic carbocycles. The van der Waals surface area contributed by atoms with Gasteiger partial charge in [-0.2, -0.15) is 0 Å². The lowest BCUT2D eigenvalue weighted by atomic mass is 10.2. The molecular weight excluding hydrogens is 247 g/mol. The van der Waals surface area contributed by atoms with Gasteiger partial charge in [-0.25, -0.2) is 4.39 Å². The minimum atomic E-state index is -0.443. The number of methoxy groups -OCH3 is 1. The molecule has 1 rings (SSSR count). The smallest absolute Gasteiger partial charge is 0.224 e. The zero-order valence-electron chi connectivity index (χ0n) is 11.6. The SMILES string of the molecule is COc1cc(NC(=O)CCCNC(C)C)ccc1F. The van der Waals surface area contributed by atoms with Crippen LogP contribution in [-0.2, 0) is 4.79 Å². The summed E-state index contributed by atoms with van der Waals surface area (Å²) in [4.78, 5) is 11.7. The van der Waals surface area contributed by atoms with E-state index in [9.17, 15) is 9.18 Å². The van der Waals surface area contributed by atoms with Gasteiger partial charge >= 0.3 is 0 Å². The molecule has 2 N–H and O–H groups in total. The topological polar surface area (TPSA) is 50.4 Å². The standard InChI is InChI=1S/C14H21FN2O2/c1-10(2)16-8-4-5-14(18)17-11-6-7-12(15)13(9-11)19-3/h6-7,9-10,16H,4-5,8H2,1-3H3,(H,17,18). The van der Waals surface area contributed by atoms with Crippen LogP contribution in [-0.4, -0.2) is 25.6 Å². The molecule has 106 valence electrons. The molecule has 0 aliphatic heterocycles. The average Bonchev–Trinajstić information content (AvgIpc) is 2.37. The van der Waals surface area contributed by atoms with E-state index >= 15 is 0 Å². The Morgan fingerprint density at radius 2 is 2.16 bits per heavy atom. The summed E-state index contributed by atoms with van der Waals surface area (Å²) in [6.07, 6.45) is 1.20. The molecule has 0 aliphatic rings. The predicted octanol–water partition coefficient (Wildman–Crippen LogP) is 2.55. The fourth-order valence-electron chi connectivity index (χ4n) is 1.60. The van der Waals surface area contributed by atoms with Crippen molar-refractivity contribution in [3.63, 3.8) is 0 Å². The number of hydrogen-bond acceptors (Lipinski definition) is 3. The van der Waals surface area contributed by atoms with Crippen molar-refractivity contribution in [1.29, 1.82) is 0 Å². The number of carbonyl (C=O) groups excluding carboxylic acids is 1. The Morgan fingerprint density at radius 3 is 2.79 bits per heavy atom. The third-order valence-electron chi connectivity index (χ3n) is 2.57. The van der Waals surface area contributed by atoms with Crippen molar-refractivity contribution in [2.75, 3.05) is 19.0 Å². The van der Waals surface area contributed by atoms with E-state index < -0.39 is 5.82 Å². The maximum Gasteiger partial charge on any atom is 0.224 e. The minimum absolute atomic E-state index is 0.0841. The molecule has 4 nitrogen and oxygen atoms in total. The van der Waals surface area contributed by atoms with Crippen molar-refractivity contribution < 1.29 is 13.9 Å². The number of ether oxygens (including phenoxy) is 1. The van der Waals surface area contributed by atoms with Crippen LogP contribution in [0.15, 0.2) is 18.2 Å². The molecular formula is C14H21FN2O2. The normalized spacial score (nSPS) is 10.6. The number of halogens is 1. The molecule has 0 fully saturated rings. The Hall–Kier alpha value is -1.62. The third kappa shape index (κ3) is 5.70. The first-order chi connectivity index (χ1) is 9.02. The molecule has 5 heteroatoms. The van der Waals surface area contributed by atoms with Crippen LogP contribution < -0.4 is 15.4 Å². The van der Waals surface area contributed by atoms with E-state index in [0.717, 1.165) is 13.0 Å². The van der Waals surface area contributed by atoms with Crippen molar-refractivity contribution >= 4 is 11.6 Å². The van der Waals surface area contributed by atoms with Crippen molar-refractivity contribution in [2.24, 2.45) is 0 Å². The van der Waals surface area contributed by atoms with Crippen molar-refractivity contribution in [1.82, 2.24) is 5.32 Å². The van der Waals surface area contributed by atoms with E-state index in [1.54, 1.807) is 0 Å². The molecule has 0 spiro atoms. The number of nitrogens with one attached hydrogen (secondary N) is 2. The molecule has 0 saturated heterocycles. The Morgan fingerprint density at radius 1 is 1.42 bits per heavy atom. The van der Waals surface area contributed by atoms with Crippen LogP contribution in [0.5, 0.6) is 5.75 Å². The van der Waals surface area contributed by atoms with Crippen LogP contribution in [0.2, 0.25) is 0 Å². The van der Waals surface area contributed by atoms with Crippen LogP contribution in [0.25, 0.3) is 0 Å². The van der Waals surface area contributed by atoms with Gasteiger partial charge in [0.25, 0.3) is 0 Å². The molecule has 0 aromatic heterocycles. The van der Waals surface area contributed by atoms with Gasteiger partial charge in [0.2, 0.25) is 5.91 Å². The predicted molar refractivity (Wildman–Crippen MR) is 74.0 cm³/mol. The highest BCUT2D eigenvalue weighted by atomic mass is 19.1. The highest BCUT2D eigenvalue weighted by Crippen LogP contribution is 2.21. The summed E-state index contributed by atoms with van der Waals surface area (Å²) in [5.41, 5.74) is 0.542. The molecule has 1 amide bonds. The quantitative estimate of drug-likeness (QED) is 0.747. The second-order valence-corrected chi connectivity index (χ2v) is 4.61. The first kappa shape index (κ1) is 15.4. The van der Waals surface area contributed by atoms with Gasteiger partial charge in [-0.05, 0) is 25.1 Å². The summed E-state index contributed by atoms with van der Waals surface area (Å²) in [6.45, 7) is 4.92. The van der Waals surface area contributed by atoms with Crippen LogP contribution in [0.4, 0.5) is 10.1 Å². The lowest BCUT2D eigenvalue weighted by molar-refractivity contribution is -0.116. The van der Waals surface area contributed by atoms with Crippen molar-refractivity contribution in [3.8, 4) is 5.75 Å². The maximum absolute atomic E-state index is 13.2. The number of anilines is 1. The van der Waals surface area contributed by atoms with Gasteiger partial charge in [0.15, 0.2) is 11.6 Å². The summed E-state index contributed by atoms with van der Waals surface area (Å²) in [6, 6.07) is 4.68. The molecule has 19 heavy (non-hydrogen) atoms. The Kier molecular flexibility index (Phi) is 6.29. The number of carbonyl (C=O) groups is 1. The number of amides is 1. The zero-order valence-corrected chi connectivity index (χ0v) is 11.6. The average molecular weight is 268 g/mol. The van der Waals surface area contributed by atoms with Gasteiger partial charge in [0.05, 0.1) is 7.11 Å². The highest BCUT2D eigenvalue weighted by Gasteiger charge is 2.06. The lowest BCUT2D eigenvalue weighted by Crippen LogP contribution is -2.24. The van der Waals surface area contributed by atoms with Crippen molar-refractivity contribution in [2.45, 2.75) is 32.7 Å². The zero-order chi connectivity index (χ0) is 14.3. The molecule has 0 heterocycles. The van der Waals surface area contributed by atoms with Gasteiger partial charge in [-0.1, -0.05) is 13.8 Å². The van der Waals surface area contributed by atoms with Crippen molar-refractivity contribution in [3.05, 3.63) is 24.0 Å². The van der Waals surface area contributed by atoms with Gasteiger partial charge in [0.1, 0.15) is 0 Å². The summed E-state index contributed by atoms with van der Waals surface area (Å²) in [7, 11) is 1.39. The largest absolute Gasteiger partial charge is 0.494 e. The minimum Gasteiger partial charge on any atom is -0.494 e. The molecule has 0 unspecified atom stereocenters. The summed E-state index contributed by atoms with van der Waals surface area (Å²) in [5, 5.41) is 5.96. The lowest BCUT2D eigenvalue weighted by Gasteiger charge is -2.09. The molecule has 0 aliphatic carbocycles. The Balaban J connectivity index is 2.40. The molecule has 0 saturated carbocycles. The van der Waals surface area contributed by atoms with Gasteiger partial charge in [-0.3, -0.25) is 4.79 Å². The first-order valence-corrected chi connectivity index (χ1v) is 6.39. The Labute approximate surface area is 113 Å². The van der Waals surface area contributed by atoms with E-state index in [1.165, 1.54) is 25.3 Å². The van der Waals surface area contributed by atoms with E-state index in [1.807, 2.05) is 0 Å². The second-order valence-electron chi connectivity index (χ2n) is 4.61. The van der Waals surface area contributed by atoms with Gasteiger partial charge in [0, 0.05) is 24.2 Å². The molecule has 0 radical (unpaired) electrons. The number of hydrogen-bond donors (Lipinski definition) is 2.